The van der Waals surface area contributed by atoms with Crippen LogP contribution in [0.15, 0.2) is 67.0 Å². The Bertz CT molecular complexity index is 818. The molecule has 6 heteroatoms. The molecule has 0 bridgehead atoms. The Morgan fingerprint density at radius 3 is 2.64 bits per heavy atom. The summed E-state index contributed by atoms with van der Waals surface area (Å²) in [6, 6.07) is 17.5. The zero-order valence-corrected chi connectivity index (χ0v) is 15.1. The third-order valence-electron chi connectivity index (χ3n) is 3.58. The highest BCUT2D eigenvalue weighted by Gasteiger charge is 2.08. The summed E-state index contributed by atoms with van der Waals surface area (Å²) in [7, 11) is 0. The van der Waals surface area contributed by atoms with Gasteiger partial charge in [-0.05, 0) is 29.8 Å². The lowest BCUT2D eigenvalue weighted by molar-refractivity contribution is 0.0956. The molecular formula is C19H18ClN3OS. The van der Waals surface area contributed by atoms with Gasteiger partial charge in [0.15, 0.2) is 0 Å². The van der Waals surface area contributed by atoms with Crippen LogP contribution in [-0.4, -0.2) is 28.0 Å². The van der Waals surface area contributed by atoms with Crippen LogP contribution in [0.5, 0.6) is 0 Å². The van der Waals surface area contributed by atoms with Gasteiger partial charge in [-0.15, -0.1) is 0 Å². The molecule has 1 aromatic heterocycles. The SMILES string of the molecule is O=C(NCCSCc1ccc(Cl)cc1)c1cnn(-c2ccccc2)c1. The minimum Gasteiger partial charge on any atom is -0.351 e. The molecule has 0 spiro atoms. The van der Waals surface area contributed by atoms with Crippen molar-refractivity contribution in [2.75, 3.05) is 12.3 Å². The van der Waals surface area contributed by atoms with Gasteiger partial charge in [0.25, 0.3) is 5.91 Å². The molecule has 25 heavy (non-hydrogen) atoms. The van der Waals surface area contributed by atoms with E-state index < -0.39 is 0 Å². The number of hydrogen-bond donors (Lipinski definition) is 1. The number of hydrogen-bond acceptors (Lipinski definition) is 3. The predicted molar refractivity (Wildman–Crippen MR) is 104 cm³/mol. The lowest BCUT2D eigenvalue weighted by Gasteiger charge is -2.04. The molecule has 1 N–H and O–H groups in total. The molecule has 3 aromatic rings. The standard InChI is InChI=1S/C19H18ClN3OS/c20-17-8-6-15(7-9-17)14-25-11-10-21-19(24)16-12-22-23(13-16)18-4-2-1-3-5-18/h1-9,12-13H,10-11,14H2,(H,21,24). The molecule has 4 nitrogen and oxygen atoms in total. The summed E-state index contributed by atoms with van der Waals surface area (Å²) in [5, 5.41) is 7.91. The summed E-state index contributed by atoms with van der Waals surface area (Å²) < 4.78 is 1.70. The molecule has 0 aliphatic rings. The highest BCUT2D eigenvalue weighted by molar-refractivity contribution is 7.98. The maximum atomic E-state index is 12.2. The topological polar surface area (TPSA) is 46.9 Å². The van der Waals surface area contributed by atoms with Crippen molar-refractivity contribution >= 4 is 29.3 Å². The Morgan fingerprint density at radius 2 is 1.88 bits per heavy atom. The normalized spacial score (nSPS) is 10.6. The van der Waals surface area contributed by atoms with E-state index in [1.54, 1.807) is 28.8 Å². The van der Waals surface area contributed by atoms with Crippen LogP contribution in [0.1, 0.15) is 15.9 Å². The molecule has 128 valence electrons. The molecule has 0 saturated heterocycles. The Hall–Kier alpha value is -2.24. The van der Waals surface area contributed by atoms with Gasteiger partial charge in [0.1, 0.15) is 0 Å². The highest BCUT2D eigenvalue weighted by Crippen LogP contribution is 2.15. The first-order valence-electron chi connectivity index (χ1n) is 7.93. The van der Waals surface area contributed by atoms with Crippen molar-refractivity contribution in [2.24, 2.45) is 0 Å². The van der Waals surface area contributed by atoms with Gasteiger partial charge in [-0.25, -0.2) is 4.68 Å². The number of thioether (sulfide) groups is 1. The van der Waals surface area contributed by atoms with Crippen LogP contribution in [0.3, 0.4) is 0 Å². The Labute approximate surface area is 156 Å². The molecular weight excluding hydrogens is 354 g/mol. The molecule has 0 aliphatic carbocycles. The van der Waals surface area contributed by atoms with Crippen molar-refractivity contribution in [3.63, 3.8) is 0 Å². The fourth-order valence-electron chi connectivity index (χ4n) is 2.27. The zero-order valence-electron chi connectivity index (χ0n) is 13.6. The predicted octanol–water partition coefficient (Wildman–Crippen LogP) is 4.19. The van der Waals surface area contributed by atoms with Crippen molar-refractivity contribution in [2.45, 2.75) is 5.75 Å². The van der Waals surface area contributed by atoms with Crippen LogP contribution in [-0.2, 0) is 5.75 Å². The number of aromatic nitrogens is 2. The molecule has 0 unspecified atom stereocenters. The number of rotatable bonds is 7. The van der Waals surface area contributed by atoms with E-state index in [0.29, 0.717) is 12.1 Å². The molecule has 0 saturated carbocycles. The first-order chi connectivity index (χ1) is 12.2. The Kier molecular flexibility index (Phi) is 6.14. The van der Waals surface area contributed by atoms with Crippen molar-refractivity contribution < 1.29 is 4.79 Å². The van der Waals surface area contributed by atoms with Gasteiger partial charge in [0.2, 0.25) is 0 Å². The summed E-state index contributed by atoms with van der Waals surface area (Å²) in [5.74, 6) is 1.65. The minimum atomic E-state index is -0.103. The average Bonchev–Trinajstić information content (AvgIpc) is 3.14. The maximum Gasteiger partial charge on any atom is 0.254 e. The number of amides is 1. The number of carbonyl (C=O) groups is 1. The lowest BCUT2D eigenvalue weighted by atomic mass is 10.2. The molecule has 1 heterocycles. The van der Waals surface area contributed by atoms with Gasteiger partial charge >= 0.3 is 0 Å². The van der Waals surface area contributed by atoms with Gasteiger partial charge in [0, 0.05) is 29.3 Å². The number of benzene rings is 2. The van der Waals surface area contributed by atoms with Crippen LogP contribution in [0.2, 0.25) is 5.02 Å². The van der Waals surface area contributed by atoms with Crippen molar-refractivity contribution in [3.8, 4) is 5.69 Å². The van der Waals surface area contributed by atoms with E-state index >= 15 is 0 Å². The number of nitrogens with zero attached hydrogens (tertiary/aromatic N) is 2. The summed E-state index contributed by atoms with van der Waals surface area (Å²) in [5.41, 5.74) is 2.72. The third-order valence-corrected chi connectivity index (χ3v) is 4.86. The summed E-state index contributed by atoms with van der Waals surface area (Å²) in [6.45, 7) is 0.619. The van der Waals surface area contributed by atoms with Crippen LogP contribution >= 0.6 is 23.4 Å². The quantitative estimate of drug-likeness (QED) is 0.633. The number of nitrogens with one attached hydrogen (secondary N) is 1. The molecule has 0 radical (unpaired) electrons. The van der Waals surface area contributed by atoms with Gasteiger partial charge in [-0.1, -0.05) is 41.9 Å². The van der Waals surface area contributed by atoms with E-state index in [-0.39, 0.29) is 5.91 Å². The average molecular weight is 372 g/mol. The Morgan fingerprint density at radius 1 is 1.12 bits per heavy atom. The summed E-state index contributed by atoms with van der Waals surface area (Å²) in [6.07, 6.45) is 3.33. The van der Waals surface area contributed by atoms with Crippen molar-refractivity contribution in [1.82, 2.24) is 15.1 Å². The first-order valence-corrected chi connectivity index (χ1v) is 9.46. The van der Waals surface area contributed by atoms with Gasteiger partial charge in [-0.2, -0.15) is 16.9 Å². The smallest absolute Gasteiger partial charge is 0.254 e. The third kappa shape index (κ3) is 5.11. The van der Waals surface area contributed by atoms with Gasteiger partial charge < -0.3 is 5.32 Å². The van der Waals surface area contributed by atoms with E-state index in [1.165, 1.54) is 5.56 Å². The van der Waals surface area contributed by atoms with Crippen LogP contribution in [0.25, 0.3) is 5.69 Å². The molecule has 0 aliphatic heterocycles. The summed E-state index contributed by atoms with van der Waals surface area (Å²) >= 11 is 7.64. The molecule has 0 atom stereocenters. The summed E-state index contributed by atoms with van der Waals surface area (Å²) in [4.78, 5) is 12.2. The van der Waals surface area contributed by atoms with E-state index in [9.17, 15) is 4.79 Å². The second kappa shape index (κ2) is 8.74. The van der Waals surface area contributed by atoms with Crippen LogP contribution < -0.4 is 5.32 Å². The van der Waals surface area contributed by atoms with E-state index in [2.05, 4.69) is 10.4 Å². The van der Waals surface area contributed by atoms with Crippen LogP contribution in [0.4, 0.5) is 0 Å². The first kappa shape index (κ1) is 17.6. The molecule has 1 amide bonds. The second-order valence-electron chi connectivity index (χ2n) is 5.44. The van der Waals surface area contributed by atoms with E-state index in [0.717, 1.165) is 22.2 Å². The van der Waals surface area contributed by atoms with Gasteiger partial charge in [0.05, 0.1) is 17.4 Å². The number of para-hydroxylation sites is 1. The van der Waals surface area contributed by atoms with Crippen molar-refractivity contribution in [3.05, 3.63) is 83.1 Å². The molecule has 2 aromatic carbocycles. The second-order valence-corrected chi connectivity index (χ2v) is 6.99. The Balaban J connectivity index is 1.42. The number of halogens is 1. The largest absolute Gasteiger partial charge is 0.351 e. The maximum absolute atomic E-state index is 12.2. The van der Waals surface area contributed by atoms with Gasteiger partial charge in [-0.3, -0.25) is 4.79 Å². The van der Waals surface area contributed by atoms with Crippen LogP contribution in [0, 0.1) is 0 Å². The monoisotopic (exact) mass is 371 g/mol. The number of carbonyl (C=O) groups excluding carboxylic acids is 1. The minimum absolute atomic E-state index is 0.103. The fraction of sp³-hybridized carbons (Fsp3) is 0.158. The molecule has 0 fully saturated rings. The van der Waals surface area contributed by atoms with Crippen molar-refractivity contribution in [1.29, 1.82) is 0 Å². The molecule has 3 rings (SSSR count). The lowest BCUT2D eigenvalue weighted by Crippen LogP contribution is -2.25. The van der Waals surface area contributed by atoms with E-state index in [1.807, 2.05) is 54.6 Å². The highest BCUT2D eigenvalue weighted by atomic mass is 35.5. The fourth-order valence-corrected chi connectivity index (χ4v) is 3.22. The zero-order chi connectivity index (χ0) is 17.5. The van der Waals surface area contributed by atoms with E-state index in [4.69, 9.17) is 11.6 Å².